The summed E-state index contributed by atoms with van der Waals surface area (Å²) in [6.07, 6.45) is 4.78. The molecule has 0 spiro atoms. The van der Waals surface area contributed by atoms with Crippen molar-refractivity contribution >= 4 is 36.4 Å². The lowest BCUT2D eigenvalue weighted by Gasteiger charge is -2.22. The van der Waals surface area contributed by atoms with E-state index in [-0.39, 0.29) is 36.5 Å². The van der Waals surface area contributed by atoms with Crippen LogP contribution in [0.1, 0.15) is 32.1 Å². The van der Waals surface area contributed by atoms with Crippen molar-refractivity contribution in [3.8, 4) is 0 Å². The first-order valence-electron chi connectivity index (χ1n) is 8.60. The predicted octanol–water partition coefficient (Wildman–Crippen LogP) is 3.39. The van der Waals surface area contributed by atoms with Crippen LogP contribution in [0.15, 0.2) is 24.3 Å². The number of para-hydroxylation sites is 1. The summed E-state index contributed by atoms with van der Waals surface area (Å²) in [4.78, 5) is 13.7. The fraction of sp³-hybridized carbons (Fsp3) is 0.611. The second-order valence-electron chi connectivity index (χ2n) is 6.31. The largest absolute Gasteiger partial charge is 0.372 e. The van der Waals surface area contributed by atoms with Crippen molar-refractivity contribution in [1.29, 1.82) is 0 Å². The normalized spacial score (nSPS) is 14.2. The zero-order chi connectivity index (χ0) is 16.5. The second-order valence-corrected chi connectivity index (χ2v) is 6.31. The van der Waals surface area contributed by atoms with E-state index in [0.29, 0.717) is 24.6 Å². The lowest BCUT2D eigenvalue weighted by molar-refractivity contribution is -0.121. The van der Waals surface area contributed by atoms with Gasteiger partial charge in [0.15, 0.2) is 0 Å². The summed E-state index contributed by atoms with van der Waals surface area (Å²) < 4.78 is 13.6. The first-order chi connectivity index (χ1) is 11.2. The van der Waals surface area contributed by atoms with Gasteiger partial charge in [-0.25, -0.2) is 4.39 Å². The van der Waals surface area contributed by atoms with Crippen LogP contribution in [-0.2, 0) is 4.79 Å². The Kier molecular flexibility index (Phi) is 12.7. The zero-order valence-electron chi connectivity index (χ0n) is 14.8. The highest BCUT2D eigenvalue weighted by Gasteiger charge is 2.14. The number of rotatable bonds is 8. The molecule has 1 amide bonds. The van der Waals surface area contributed by atoms with E-state index < -0.39 is 0 Å². The Morgan fingerprint density at radius 1 is 1.28 bits per heavy atom. The number of anilines is 1. The van der Waals surface area contributed by atoms with Crippen LogP contribution < -0.4 is 15.5 Å². The van der Waals surface area contributed by atoms with Gasteiger partial charge in [0.25, 0.3) is 0 Å². The van der Waals surface area contributed by atoms with Crippen molar-refractivity contribution in [3.05, 3.63) is 30.1 Å². The van der Waals surface area contributed by atoms with E-state index in [4.69, 9.17) is 0 Å². The molecule has 1 aromatic carbocycles. The summed E-state index contributed by atoms with van der Waals surface area (Å²) in [7, 11) is 1.87. The molecule has 144 valence electrons. The van der Waals surface area contributed by atoms with E-state index in [1.54, 1.807) is 12.1 Å². The number of carbonyl (C=O) groups is 1. The molecule has 0 saturated carbocycles. The average molecular weight is 394 g/mol. The van der Waals surface area contributed by atoms with E-state index in [9.17, 15) is 9.18 Å². The minimum Gasteiger partial charge on any atom is -0.372 e. The first kappa shape index (κ1) is 24.0. The third-order valence-electron chi connectivity index (χ3n) is 4.49. The standard InChI is InChI=1S/C18H28FN3O.2ClH/c1-22(17-6-3-2-5-16(17)19)14-4-11-21-18(23)8-7-15-9-12-20-13-10-15;;/h2-3,5-6,15,20H,4,7-14H2,1H3,(H,21,23);2*1H. The van der Waals surface area contributed by atoms with Gasteiger partial charge in [-0.2, -0.15) is 0 Å². The molecule has 0 aromatic heterocycles. The number of nitrogens with zero attached hydrogens (tertiary/aromatic N) is 1. The van der Waals surface area contributed by atoms with Crippen LogP contribution in [0.2, 0.25) is 0 Å². The Morgan fingerprint density at radius 3 is 2.64 bits per heavy atom. The number of nitrogens with one attached hydrogen (secondary N) is 2. The van der Waals surface area contributed by atoms with Gasteiger partial charge in [-0.3, -0.25) is 4.79 Å². The molecule has 1 aliphatic rings. The summed E-state index contributed by atoms with van der Waals surface area (Å²) >= 11 is 0. The van der Waals surface area contributed by atoms with Crippen LogP contribution in [0.25, 0.3) is 0 Å². The van der Waals surface area contributed by atoms with E-state index in [1.807, 2.05) is 18.0 Å². The summed E-state index contributed by atoms with van der Waals surface area (Å²) in [5.41, 5.74) is 0.602. The van der Waals surface area contributed by atoms with Crippen molar-refractivity contribution < 1.29 is 9.18 Å². The molecule has 1 aromatic rings. The average Bonchev–Trinajstić information content (AvgIpc) is 2.58. The van der Waals surface area contributed by atoms with Gasteiger partial charge in [0.2, 0.25) is 5.91 Å². The molecule has 1 fully saturated rings. The Labute approximate surface area is 162 Å². The Bertz CT molecular complexity index is 499. The van der Waals surface area contributed by atoms with Gasteiger partial charge in [-0.05, 0) is 56.8 Å². The number of hydrogen-bond acceptors (Lipinski definition) is 3. The molecule has 0 aliphatic carbocycles. The van der Waals surface area contributed by atoms with Crippen LogP contribution >= 0.6 is 24.8 Å². The maximum Gasteiger partial charge on any atom is 0.220 e. The monoisotopic (exact) mass is 393 g/mol. The minimum atomic E-state index is -0.207. The fourth-order valence-electron chi connectivity index (χ4n) is 3.02. The van der Waals surface area contributed by atoms with Crippen molar-refractivity contribution in [2.45, 2.75) is 32.1 Å². The van der Waals surface area contributed by atoms with Crippen molar-refractivity contribution in [2.24, 2.45) is 5.92 Å². The maximum absolute atomic E-state index is 13.6. The number of halogens is 3. The van der Waals surface area contributed by atoms with E-state index in [0.717, 1.165) is 32.5 Å². The van der Waals surface area contributed by atoms with Crippen LogP contribution in [0.3, 0.4) is 0 Å². The lowest BCUT2D eigenvalue weighted by Crippen LogP contribution is -2.30. The summed E-state index contributed by atoms with van der Waals surface area (Å²) in [6.45, 7) is 3.52. The topological polar surface area (TPSA) is 44.4 Å². The molecule has 4 nitrogen and oxygen atoms in total. The number of hydrogen-bond donors (Lipinski definition) is 2. The molecule has 1 heterocycles. The molecule has 2 rings (SSSR count). The Hall–Kier alpha value is -1.04. The highest BCUT2D eigenvalue weighted by atomic mass is 35.5. The highest BCUT2D eigenvalue weighted by molar-refractivity contribution is 5.85. The van der Waals surface area contributed by atoms with Gasteiger partial charge >= 0.3 is 0 Å². The summed E-state index contributed by atoms with van der Waals surface area (Å²) in [5, 5.41) is 6.31. The van der Waals surface area contributed by atoms with Gasteiger partial charge in [0.1, 0.15) is 5.82 Å². The molecular formula is C18H30Cl2FN3O. The second kappa shape index (κ2) is 13.2. The quantitative estimate of drug-likeness (QED) is 0.665. The molecule has 0 radical (unpaired) electrons. The molecule has 1 saturated heterocycles. The lowest BCUT2D eigenvalue weighted by atomic mass is 9.93. The SMILES string of the molecule is CN(CCCNC(=O)CCC1CCNCC1)c1ccccc1F.Cl.Cl. The van der Waals surface area contributed by atoms with Gasteiger partial charge in [-0.15, -0.1) is 24.8 Å². The highest BCUT2D eigenvalue weighted by Crippen LogP contribution is 2.18. The Balaban J connectivity index is 0.00000288. The molecule has 0 atom stereocenters. The van der Waals surface area contributed by atoms with E-state index >= 15 is 0 Å². The van der Waals surface area contributed by atoms with Crippen LogP contribution in [-0.4, -0.2) is 39.1 Å². The minimum absolute atomic E-state index is 0. The van der Waals surface area contributed by atoms with Crippen LogP contribution in [0, 0.1) is 11.7 Å². The molecular weight excluding hydrogens is 364 g/mol. The summed E-state index contributed by atoms with van der Waals surface area (Å²) in [5.74, 6) is 0.618. The fourth-order valence-corrected chi connectivity index (χ4v) is 3.02. The van der Waals surface area contributed by atoms with E-state index in [2.05, 4.69) is 10.6 Å². The van der Waals surface area contributed by atoms with Crippen molar-refractivity contribution in [1.82, 2.24) is 10.6 Å². The number of amides is 1. The van der Waals surface area contributed by atoms with Gasteiger partial charge in [0.05, 0.1) is 5.69 Å². The van der Waals surface area contributed by atoms with Gasteiger partial charge in [0, 0.05) is 26.6 Å². The number of piperidine rings is 1. The van der Waals surface area contributed by atoms with Gasteiger partial charge in [-0.1, -0.05) is 12.1 Å². The summed E-state index contributed by atoms with van der Waals surface area (Å²) in [6, 6.07) is 6.76. The molecule has 2 N–H and O–H groups in total. The predicted molar refractivity (Wildman–Crippen MR) is 107 cm³/mol. The smallest absolute Gasteiger partial charge is 0.220 e. The molecule has 1 aliphatic heterocycles. The third-order valence-corrected chi connectivity index (χ3v) is 4.49. The van der Waals surface area contributed by atoms with Crippen molar-refractivity contribution in [3.63, 3.8) is 0 Å². The van der Waals surface area contributed by atoms with E-state index in [1.165, 1.54) is 18.9 Å². The first-order valence-corrected chi connectivity index (χ1v) is 8.60. The zero-order valence-corrected chi connectivity index (χ0v) is 16.4. The van der Waals surface area contributed by atoms with Crippen molar-refractivity contribution in [2.75, 3.05) is 38.1 Å². The molecule has 7 heteroatoms. The Morgan fingerprint density at radius 2 is 1.96 bits per heavy atom. The molecule has 25 heavy (non-hydrogen) atoms. The van der Waals surface area contributed by atoms with Crippen LogP contribution in [0.4, 0.5) is 10.1 Å². The maximum atomic E-state index is 13.6. The molecule has 0 unspecified atom stereocenters. The number of benzene rings is 1. The third kappa shape index (κ3) is 8.75. The van der Waals surface area contributed by atoms with Crippen LogP contribution in [0.5, 0.6) is 0 Å². The number of carbonyl (C=O) groups excluding carboxylic acids is 1. The van der Waals surface area contributed by atoms with Gasteiger partial charge < -0.3 is 15.5 Å². The molecule has 0 bridgehead atoms.